The van der Waals surface area contributed by atoms with Gasteiger partial charge in [-0.05, 0) is 30.3 Å². The van der Waals surface area contributed by atoms with Crippen molar-refractivity contribution < 1.29 is 14.1 Å². The topological polar surface area (TPSA) is 85.4 Å². The van der Waals surface area contributed by atoms with Crippen LogP contribution in [0.15, 0.2) is 51.4 Å². The fraction of sp³-hybridized carbons (Fsp3) is 0. The third kappa shape index (κ3) is 3.79. The largest absolute Gasteiger partial charge is 0.433 e. The van der Waals surface area contributed by atoms with Gasteiger partial charge in [0.2, 0.25) is 5.91 Å². The Hall–Kier alpha value is -2.41. The second-order valence-corrected chi connectivity index (χ2v) is 4.68. The minimum absolute atomic E-state index is 0.237. The molecule has 1 N–H and O–H groups in total. The van der Waals surface area contributed by atoms with Crippen molar-refractivity contribution in [3.05, 3.63) is 62.8 Å². The zero-order chi connectivity index (χ0) is 14.5. The van der Waals surface area contributed by atoms with Crippen LogP contribution in [-0.2, 0) is 4.79 Å². The van der Waals surface area contributed by atoms with Crippen LogP contribution in [0.5, 0.6) is 0 Å². The summed E-state index contributed by atoms with van der Waals surface area (Å²) in [6.07, 6.45) is 2.60. The highest BCUT2D eigenvalue weighted by Crippen LogP contribution is 2.17. The predicted molar refractivity (Wildman–Crippen MR) is 77.2 cm³/mol. The standard InChI is InChI=1S/C13H9BrN2O4/c14-9-2-1-3-10(8-9)15-12(17)6-4-11-5-7-13(20-11)16(18)19/h1-8H,(H,15,17)/b6-4+. The summed E-state index contributed by atoms with van der Waals surface area (Å²) in [5, 5.41) is 13.1. The maximum atomic E-state index is 11.6. The molecule has 0 bridgehead atoms. The smallest absolute Gasteiger partial charge is 0.401 e. The highest BCUT2D eigenvalue weighted by Gasteiger charge is 2.10. The number of nitrogens with zero attached hydrogens (tertiary/aromatic N) is 1. The third-order valence-electron chi connectivity index (χ3n) is 2.28. The zero-order valence-corrected chi connectivity index (χ0v) is 11.7. The molecule has 2 aromatic rings. The van der Waals surface area contributed by atoms with E-state index in [0.717, 1.165) is 4.47 Å². The van der Waals surface area contributed by atoms with E-state index in [-0.39, 0.29) is 17.6 Å². The molecule has 102 valence electrons. The van der Waals surface area contributed by atoms with Gasteiger partial charge in [0.1, 0.15) is 10.7 Å². The monoisotopic (exact) mass is 336 g/mol. The van der Waals surface area contributed by atoms with E-state index in [1.165, 1.54) is 24.3 Å². The first-order valence-electron chi connectivity index (χ1n) is 5.53. The Morgan fingerprint density at radius 2 is 2.15 bits per heavy atom. The summed E-state index contributed by atoms with van der Waals surface area (Å²) in [5.41, 5.74) is 0.638. The molecule has 0 radical (unpaired) electrons. The molecule has 20 heavy (non-hydrogen) atoms. The summed E-state index contributed by atoms with van der Waals surface area (Å²) in [4.78, 5) is 21.4. The minimum Gasteiger partial charge on any atom is -0.401 e. The summed E-state index contributed by atoms with van der Waals surface area (Å²) in [7, 11) is 0. The number of nitrogens with one attached hydrogen (secondary N) is 1. The molecule has 7 heteroatoms. The Bertz CT molecular complexity index is 679. The fourth-order valence-electron chi connectivity index (χ4n) is 1.44. The molecule has 0 saturated heterocycles. The van der Waals surface area contributed by atoms with Gasteiger partial charge in [0.25, 0.3) is 0 Å². The average Bonchev–Trinajstić information content (AvgIpc) is 2.85. The van der Waals surface area contributed by atoms with Crippen molar-refractivity contribution in [1.29, 1.82) is 0 Å². The Morgan fingerprint density at radius 3 is 2.80 bits per heavy atom. The number of hydrogen-bond donors (Lipinski definition) is 1. The number of amides is 1. The molecule has 1 aromatic heterocycles. The van der Waals surface area contributed by atoms with Crippen LogP contribution in [-0.4, -0.2) is 10.8 Å². The molecule has 0 unspecified atom stereocenters. The van der Waals surface area contributed by atoms with Crippen molar-refractivity contribution >= 4 is 39.5 Å². The molecular weight excluding hydrogens is 328 g/mol. The minimum atomic E-state index is -0.640. The molecule has 0 aliphatic rings. The highest BCUT2D eigenvalue weighted by molar-refractivity contribution is 9.10. The van der Waals surface area contributed by atoms with Crippen LogP contribution < -0.4 is 5.32 Å². The van der Waals surface area contributed by atoms with E-state index >= 15 is 0 Å². The van der Waals surface area contributed by atoms with Crippen molar-refractivity contribution in [2.45, 2.75) is 0 Å². The van der Waals surface area contributed by atoms with Gasteiger partial charge >= 0.3 is 5.88 Å². The van der Waals surface area contributed by atoms with Crippen LogP contribution in [0.25, 0.3) is 6.08 Å². The van der Waals surface area contributed by atoms with E-state index in [0.29, 0.717) is 5.69 Å². The van der Waals surface area contributed by atoms with Gasteiger partial charge in [-0.2, -0.15) is 0 Å². The van der Waals surface area contributed by atoms with E-state index in [1.807, 2.05) is 6.07 Å². The molecule has 1 amide bonds. The van der Waals surface area contributed by atoms with Crippen molar-refractivity contribution in [2.24, 2.45) is 0 Å². The number of carbonyl (C=O) groups is 1. The Labute approximate surface area is 122 Å². The highest BCUT2D eigenvalue weighted by atomic mass is 79.9. The summed E-state index contributed by atoms with van der Waals surface area (Å²) in [5.74, 6) is -0.486. The van der Waals surface area contributed by atoms with Crippen LogP contribution in [0, 0.1) is 10.1 Å². The zero-order valence-electron chi connectivity index (χ0n) is 10.1. The van der Waals surface area contributed by atoms with Crippen LogP contribution >= 0.6 is 15.9 Å². The van der Waals surface area contributed by atoms with Gasteiger partial charge < -0.3 is 9.73 Å². The van der Waals surface area contributed by atoms with Gasteiger partial charge in [0.15, 0.2) is 0 Å². The van der Waals surface area contributed by atoms with Gasteiger partial charge in [-0.25, -0.2) is 0 Å². The molecule has 6 nitrogen and oxygen atoms in total. The summed E-state index contributed by atoms with van der Waals surface area (Å²) in [6, 6.07) is 9.78. The van der Waals surface area contributed by atoms with Crippen LogP contribution in [0.3, 0.4) is 0 Å². The first kappa shape index (κ1) is 14.0. The molecule has 0 aliphatic heterocycles. The van der Waals surface area contributed by atoms with E-state index < -0.39 is 4.92 Å². The molecular formula is C13H9BrN2O4. The molecule has 2 rings (SSSR count). The second kappa shape index (κ2) is 6.16. The third-order valence-corrected chi connectivity index (χ3v) is 2.78. The first-order chi connectivity index (χ1) is 9.54. The molecule has 0 fully saturated rings. The SMILES string of the molecule is O=C(/C=C/c1ccc([N+](=O)[O-])o1)Nc1cccc(Br)c1. The van der Waals surface area contributed by atoms with Gasteiger partial charge in [0.05, 0.1) is 6.07 Å². The van der Waals surface area contributed by atoms with E-state index in [1.54, 1.807) is 18.2 Å². The quantitative estimate of drug-likeness (QED) is 0.525. The van der Waals surface area contributed by atoms with Crippen molar-refractivity contribution in [2.75, 3.05) is 5.32 Å². The molecule has 0 spiro atoms. The van der Waals surface area contributed by atoms with Gasteiger partial charge in [0, 0.05) is 16.2 Å². The molecule has 0 aliphatic carbocycles. The lowest BCUT2D eigenvalue weighted by Crippen LogP contribution is -2.07. The summed E-state index contributed by atoms with van der Waals surface area (Å²) >= 11 is 3.30. The number of nitro groups is 1. The Kier molecular flexibility index (Phi) is 4.31. The van der Waals surface area contributed by atoms with E-state index in [4.69, 9.17) is 4.42 Å². The fourth-order valence-corrected chi connectivity index (χ4v) is 1.84. The lowest BCUT2D eigenvalue weighted by molar-refractivity contribution is -0.402. The Balaban J connectivity index is 2.00. The van der Waals surface area contributed by atoms with Crippen molar-refractivity contribution in [1.82, 2.24) is 0 Å². The Morgan fingerprint density at radius 1 is 1.35 bits per heavy atom. The van der Waals surface area contributed by atoms with Crippen molar-refractivity contribution in [3.63, 3.8) is 0 Å². The van der Waals surface area contributed by atoms with E-state index in [9.17, 15) is 14.9 Å². The molecule has 1 heterocycles. The maximum Gasteiger partial charge on any atom is 0.433 e. The lowest BCUT2D eigenvalue weighted by Gasteiger charge is -2.01. The number of anilines is 1. The number of furan rings is 1. The predicted octanol–water partition coefficient (Wildman–Crippen LogP) is 3.60. The van der Waals surface area contributed by atoms with Gasteiger partial charge in [-0.15, -0.1) is 0 Å². The number of benzene rings is 1. The van der Waals surface area contributed by atoms with Crippen LogP contribution in [0.1, 0.15) is 5.76 Å². The van der Waals surface area contributed by atoms with Crippen LogP contribution in [0.2, 0.25) is 0 Å². The number of carbonyl (C=O) groups excluding carboxylic acids is 1. The van der Waals surface area contributed by atoms with Gasteiger partial charge in [-0.3, -0.25) is 14.9 Å². The second-order valence-electron chi connectivity index (χ2n) is 3.77. The molecule has 0 saturated carbocycles. The van der Waals surface area contributed by atoms with E-state index in [2.05, 4.69) is 21.2 Å². The molecule has 1 aromatic carbocycles. The summed E-state index contributed by atoms with van der Waals surface area (Å²) in [6.45, 7) is 0. The number of rotatable bonds is 4. The summed E-state index contributed by atoms with van der Waals surface area (Å²) < 4.78 is 5.74. The van der Waals surface area contributed by atoms with Crippen molar-refractivity contribution in [3.8, 4) is 0 Å². The maximum absolute atomic E-state index is 11.6. The number of hydrogen-bond acceptors (Lipinski definition) is 4. The number of halogens is 1. The average molecular weight is 337 g/mol. The molecule has 0 atom stereocenters. The lowest BCUT2D eigenvalue weighted by atomic mass is 10.3. The normalized spacial score (nSPS) is 10.7. The van der Waals surface area contributed by atoms with Gasteiger partial charge in [-0.1, -0.05) is 22.0 Å². The first-order valence-corrected chi connectivity index (χ1v) is 6.33. The van der Waals surface area contributed by atoms with Crippen LogP contribution in [0.4, 0.5) is 11.6 Å².